The number of carbonyl (C=O) groups excluding carboxylic acids is 2. The van der Waals surface area contributed by atoms with Crippen molar-refractivity contribution in [2.45, 2.75) is 26.4 Å². The van der Waals surface area contributed by atoms with E-state index in [1.165, 1.54) is 12.3 Å². The van der Waals surface area contributed by atoms with Crippen LogP contribution in [0.15, 0.2) is 47.4 Å². The first kappa shape index (κ1) is 16.0. The molecule has 1 aliphatic rings. The van der Waals surface area contributed by atoms with Crippen molar-refractivity contribution in [1.29, 1.82) is 0 Å². The van der Waals surface area contributed by atoms with E-state index in [9.17, 15) is 14.4 Å². The Hall–Kier alpha value is -2.89. The van der Waals surface area contributed by atoms with Crippen molar-refractivity contribution in [3.63, 3.8) is 0 Å². The Labute approximate surface area is 139 Å². The maximum atomic E-state index is 13.0. The minimum Gasteiger partial charge on any atom is -0.329 e. The van der Waals surface area contributed by atoms with E-state index in [4.69, 9.17) is 0 Å². The number of fused-ring (bicyclic) bond motifs is 1. The summed E-state index contributed by atoms with van der Waals surface area (Å²) in [4.78, 5) is 41.2. The van der Waals surface area contributed by atoms with E-state index in [0.29, 0.717) is 12.2 Å². The van der Waals surface area contributed by atoms with Gasteiger partial charge in [-0.2, -0.15) is 0 Å². The Kier molecular flexibility index (Phi) is 4.20. The second kappa shape index (κ2) is 6.31. The predicted octanol–water partition coefficient (Wildman–Crippen LogP) is 1.99. The van der Waals surface area contributed by atoms with Crippen molar-refractivity contribution in [3.8, 4) is 0 Å². The van der Waals surface area contributed by atoms with Crippen molar-refractivity contribution in [2.24, 2.45) is 5.92 Å². The number of benzene rings is 1. The number of hydrogen-bond acceptors (Lipinski definition) is 3. The SMILES string of the molecule is CC(C)C1C(=O)Nc2ccccc2CN1C(=O)c1cc[nH]c(=O)c1. The van der Waals surface area contributed by atoms with E-state index in [1.807, 2.05) is 38.1 Å². The molecule has 0 saturated carbocycles. The van der Waals surface area contributed by atoms with Crippen LogP contribution in [-0.4, -0.2) is 27.7 Å². The zero-order valence-electron chi connectivity index (χ0n) is 13.6. The molecule has 6 heteroatoms. The topological polar surface area (TPSA) is 82.3 Å². The summed E-state index contributed by atoms with van der Waals surface area (Å²) < 4.78 is 0. The number of rotatable bonds is 2. The highest BCUT2D eigenvalue weighted by Gasteiger charge is 2.36. The van der Waals surface area contributed by atoms with Crippen molar-refractivity contribution < 1.29 is 9.59 Å². The second-order valence-electron chi connectivity index (χ2n) is 6.21. The Morgan fingerprint density at radius 3 is 2.67 bits per heavy atom. The molecule has 1 unspecified atom stereocenters. The quantitative estimate of drug-likeness (QED) is 0.886. The van der Waals surface area contributed by atoms with E-state index < -0.39 is 6.04 Å². The zero-order chi connectivity index (χ0) is 17.3. The van der Waals surface area contributed by atoms with Gasteiger partial charge in [-0.1, -0.05) is 32.0 Å². The lowest BCUT2D eigenvalue weighted by Crippen LogP contribution is -2.48. The number of nitrogens with one attached hydrogen (secondary N) is 2. The highest BCUT2D eigenvalue weighted by atomic mass is 16.2. The van der Waals surface area contributed by atoms with Gasteiger partial charge in [-0.05, 0) is 23.6 Å². The number of aromatic amines is 1. The summed E-state index contributed by atoms with van der Waals surface area (Å²) in [6.07, 6.45) is 1.44. The normalized spacial score (nSPS) is 17.2. The fourth-order valence-electron chi connectivity index (χ4n) is 3.01. The molecule has 0 bridgehead atoms. The van der Waals surface area contributed by atoms with Gasteiger partial charge in [-0.15, -0.1) is 0 Å². The number of nitrogens with zero attached hydrogens (tertiary/aromatic N) is 1. The van der Waals surface area contributed by atoms with Gasteiger partial charge in [-0.25, -0.2) is 0 Å². The standard InChI is InChI=1S/C18H19N3O3/c1-11(2)16-17(23)20-14-6-4-3-5-13(14)10-21(16)18(24)12-7-8-19-15(22)9-12/h3-9,11,16H,10H2,1-2H3,(H,19,22)(H,20,23). The van der Waals surface area contributed by atoms with Gasteiger partial charge in [0.15, 0.2) is 0 Å². The lowest BCUT2D eigenvalue weighted by atomic mass is 10.0. The van der Waals surface area contributed by atoms with Crippen LogP contribution in [0.2, 0.25) is 0 Å². The number of carbonyl (C=O) groups is 2. The molecule has 6 nitrogen and oxygen atoms in total. The van der Waals surface area contributed by atoms with E-state index in [1.54, 1.807) is 11.0 Å². The van der Waals surface area contributed by atoms with Gasteiger partial charge in [0.05, 0.1) is 0 Å². The summed E-state index contributed by atoms with van der Waals surface area (Å²) in [6, 6.07) is 9.63. The highest BCUT2D eigenvalue weighted by Crippen LogP contribution is 2.27. The van der Waals surface area contributed by atoms with Crippen LogP contribution in [0.3, 0.4) is 0 Å². The van der Waals surface area contributed by atoms with Gasteiger partial charge in [0.2, 0.25) is 11.5 Å². The van der Waals surface area contributed by atoms with Crippen molar-refractivity contribution in [1.82, 2.24) is 9.88 Å². The van der Waals surface area contributed by atoms with Gasteiger partial charge in [-0.3, -0.25) is 14.4 Å². The monoisotopic (exact) mass is 325 g/mol. The van der Waals surface area contributed by atoms with Gasteiger partial charge in [0.25, 0.3) is 5.91 Å². The third kappa shape index (κ3) is 2.95. The van der Waals surface area contributed by atoms with Crippen LogP contribution >= 0.6 is 0 Å². The smallest absolute Gasteiger partial charge is 0.255 e. The molecule has 2 N–H and O–H groups in total. The van der Waals surface area contributed by atoms with Gasteiger partial charge in [0, 0.05) is 30.1 Å². The summed E-state index contributed by atoms with van der Waals surface area (Å²) in [5.74, 6) is -0.606. The maximum absolute atomic E-state index is 13.0. The third-order valence-electron chi connectivity index (χ3n) is 4.13. The van der Waals surface area contributed by atoms with Gasteiger partial charge < -0.3 is 15.2 Å². The summed E-state index contributed by atoms with van der Waals surface area (Å²) >= 11 is 0. The number of H-pyrrole nitrogens is 1. The Balaban J connectivity index is 2.06. The Morgan fingerprint density at radius 1 is 1.21 bits per heavy atom. The van der Waals surface area contributed by atoms with Crippen molar-refractivity contribution in [3.05, 3.63) is 64.1 Å². The molecule has 124 valence electrons. The van der Waals surface area contributed by atoms with Crippen molar-refractivity contribution in [2.75, 3.05) is 5.32 Å². The summed E-state index contributed by atoms with van der Waals surface area (Å²) in [5, 5.41) is 2.90. The largest absolute Gasteiger partial charge is 0.329 e. The summed E-state index contributed by atoms with van der Waals surface area (Å²) in [6.45, 7) is 4.11. The van der Waals surface area contributed by atoms with Crippen LogP contribution in [0.5, 0.6) is 0 Å². The fourth-order valence-corrected chi connectivity index (χ4v) is 3.01. The van der Waals surface area contributed by atoms with Gasteiger partial charge >= 0.3 is 0 Å². The minimum absolute atomic E-state index is 0.0646. The number of pyridine rings is 1. The molecule has 3 rings (SSSR count). The van der Waals surface area contributed by atoms with Crippen LogP contribution in [0, 0.1) is 5.92 Å². The average Bonchev–Trinajstić information content (AvgIpc) is 2.69. The number of amides is 2. The van der Waals surface area contributed by atoms with Crippen LogP contribution < -0.4 is 10.9 Å². The molecule has 24 heavy (non-hydrogen) atoms. The molecule has 2 heterocycles. The molecule has 1 aromatic heterocycles. The molecule has 0 spiro atoms. The zero-order valence-corrected chi connectivity index (χ0v) is 13.6. The van der Waals surface area contributed by atoms with Crippen LogP contribution in [0.4, 0.5) is 5.69 Å². The molecule has 0 aliphatic carbocycles. The van der Waals surface area contributed by atoms with Crippen LogP contribution in [0.1, 0.15) is 29.8 Å². The van der Waals surface area contributed by atoms with E-state index in [2.05, 4.69) is 10.3 Å². The number of para-hydroxylation sites is 1. The lowest BCUT2D eigenvalue weighted by molar-refractivity contribution is -0.121. The first-order valence-corrected chi connectivity index (χ1v) is 7.86. The Bertz CT molecular complexity index is 841. The molecule has 2 amide bonds. The predicted molar refractivity (Wildman–Crippen MR) is 90.6 cm³/mol. The van der Waals surface area contributed by atoms with E-state index in [-0.39, 0.29) is 28.9 Å². The molecule has 0 saturated heterocycles. The van der Waals surface area contributed by atoms with Crippen LogP contribution in [-0.2, 0) is 11.3 Å². The second-order valence-corrected chi connectivity index (χ2v) is 6.21. The molecule has 1 atom stereocenters. The number of anilines is 1. The van der Waals surface area contributed by atoms with Gasteiger partial charge in [0.1, 0.15) is 6.04 Å². The molecule has 1 aromatic carbocycles. The highest BCUT2D eigenvalue weighted by molar-refractivity contribution is 6.02. The molecule has 1 aliphatic heterocycles. The first-order chi connectivity index (χ1) is 11.5. The minimum atomic E-state index is -0.607. The summed E-state index contributed by atoms with van der Waals surface area (Å²) in [5.41, 5.74) is 1.51. The number of hydrogen-bond donors (Lipinski definition) is 2. The van der Waals surface area contributed by atoms with E-state index >= 15 is 0 Å². The Morgan fingerprint density at radius 2 is 1.96 bits per heavy atom. The molecule has 2 aromatic rings. The first-order valence-electron chi connectivity index (χ1n) is 7.86. The molecular weight excluding hydrogens is 306 g/mol. The lowest BCUT2D eigenvalue weighted by Gasteiger charge is -2.31. The number of aromatic nitrogens is 1. The third-order valence-corrected chi connectivity index (χ3v) is 4.13. The van der Waals surface area contributed by atoms with E-state index in [0.717, 1.165) is 5.56 Å². The summed E-state index contributed by atoms with van der Waals surface area (Å²) in [7, 11) is 0. The molecule has 0 radical (unpaired) electrons. The van der Waals surface area contributed by atoms with Crippen molar-refractivity contribution >= 4 is 17.5 Å². The fraction of sp³-hybridized carbons (Fsp3) is 0.278. The molecular formula is C18H19N3O3. The average molecular weight is 325 g/mol. The van der Waals surface area contributed by atoms with Crippen LogP contribution in [0.25, 0.3) is 0 Å². The molecule has 0 fully saturated rings. The maximum Gasteiger partial charge on any atom is 0.255 e.